The van der Waals surface area contributed by atoms with E-state index in [2.05, 4.69) is 0 Å². The maximum absolute atomic E-state index is 9.79. The van der Waals surface area contributed by atoms with Gasteiger partial charge in [-0.1, -0.05) is 0 Å². The summed E-state index contributed by atoms with van der Waals surface area (Å²) in [5.41, 5.74) is 0. The van der Waals surface area contributed by atoms with Crippen molar-refractivity contribution in [1.82, 2.24) is 0 Å². The molecule has 6 nitrogen and oxygen atoms in total. The summed E-state index contributed by atoms with van der Waals surface area (Å²) < 4.78 is 16.2. The predicted octanol–water partition coefficient (Wildman–Crippen LogP) is -1.42. The Balaban J connectivity index is 2.24. The normalized spacial score (nSPS) is 48.2. The van der Waals surface area contributed by atoms with Gasteiger partial charge in [-0.05, 0) is 13.8 Å². The number of aliphatic hydroxyl groups excluding tert-OH is 3. The molecule has 0 saturated carbocycles. The molecule has 0 radical (unpaired) electrons. The fraction of sp³-hybridized carbons (Fsp3) is 1.00. The quantitative estimate of drug-likeness (QED) is 0.529. The number of hydrogen-bond acceptors (Lipinski definition) is 6. The highest BCUT2D eigenvalue weighted by molar-refractivity contribution is 5.02. The Morgan fingerprint density at radius 3 is 2.33 bits per heavy atom. The van der Waals surface area contributed by atoms with Gasteiger partial charge in [0.15, 0.2) is 5.79 Å². The Hall–Kier alpha value is -0.240. The molecule has 2 saturated heterocycles. The SMILES string of the molecule is CC1(C)O[C@@H]2[C@H](O)[C@H](CO)O[C@@]2(CO)O1. The van der Waals surface area contributed by atoms with Crippen molar-refractivity contribution in [3.05, 3.63) is 0 Å². The van der Waals surface area contributed by atoms with Crippen molar-refractivity contribution in [2.45, 2.75) is 43.7 Å². The molecule has 0 spiro atoms. The maximum atomic E-state index is 9.79. The molecule has 88 valence electrons. The summed E-state index contributed by atoms with van der Waals surface area (Å²) in [7, 11) is 0. The molecule has 0 aromatic carbocycles. The molecule has 0 bridgehead atoms. The lowest BCUT2D eigenvalue weighted by atomic mass is 10.1. The van der Waals surface area contributed by atoms with E-state index >= 15 is 0 Å². The van der Waals surface area contributed by atoms with Crippen LogP contribution in [0.5, 0.6) is 0 Å². The van der Waals surface area contributed by atoms with Crippen LogP contribution in [0.15, 0.2) is 0 Å². The molecule has 0 aromatic rings. The third-order valence-corrected chi connectivity index (χ3v) is 2.71. The third kappa shape index (κ3) is 1.57. The van der Waals surface area contributed by atoms with E-state index in [1.807, 2.05) is 0 Å². The van der Waals surface area contributed by atoms with E-state index in [0.29, 0.717) is 0 Å². The zero-order valence-electron chi connectivity index (χ0n) is 8.71. The molecule has 6 heteroatoms. The molecule has 15 heavy (non-hydrogen) atoms. The van der Waals surface area contributed by atoms with Gasteiger partial charge in [0.1, 0.15) is 24.9 Å². The first-order chi connectivity index (χ1) is 6.94. The minimum absolute atomic E-state index is 0.341. The van der Waals surface area contributed by atoms with Crippen molar-refractivity contribution in [3.63, 3.8) is 0 Å². The summed E-state index contributed by atoms with van der Waals surface area (Å²) in [6.07, 6.45) is -2.54. The van der Waals surface area contributed by atoms with Crippen molar-refractivity contribution in [2.24, 2.45) is 0 Å². The second-order valence-corrected chi connectivity index (χ2v) is 4.34. The predicted molar refractivity (Wildman–Crippen MR) is 47.8 cm³/mol. The molecule has 2 aliphatic heterocycles. The van der Waals surface area contributed by atoms with Crippen LogP contribution in [-0.2, 0) is 14.2 Å². The van der Waals surface area contributed by atoms with E-state index in [4.69, 9.17) is 19.3 Å². The number of aliphatic hydroxyl groups is 3. The summed E-state index contributed by atoms with van der Waals surface area (Å²) in [4.78, 5) is 0. The second-order valence-electron chi connectivity index (χ2n) is 4.34. The molecule has 2 heterocycles. The molecular formula is C9H16O6. The van der Waals surface area contributed by atoms with Gasteiger partial charge in [0.2, 0.25) is 5.79 Å². The minimum atomic E-state index is -1.35. The zero-order valence-corrected chi connectivity index (χ0v) is 8.71. The van der Waals surface area contributed by atoms with Gasteiger partial charge < -0.3 is 29.5 Å². The van der Waals surface area contributed by atoms with Gasteiger partial charge in [-0.2, -0.15) is 0 Å². The summed E-state index contributed by atoms with van der Waals surface area (Å²) in [6, 6.07) is 0. The lowest BCUT2D eigenvalue weighted by molar-refractivity contribution is -0.276. The number of hydrogen-bond donors (Lipinski definition) is 3. The van der Waals surface area contributed by atoms with Crippen LogP contribution in [0.2, 0.25) is 0 Å². The first-order valence-electron chi connectivity index (χ1n) is 4.90. The summed E-state index contributed by atoms with van der Waals surface area (Å²) in [5, 5.41) is 28.0. The lowest BCUT2D eigenvalue weighted by Crippen LogP contribution is -2.43. The zero-order chi connectivity index (χ0) is 11.3. The van der Waals surface area contributed by atoms with E-state index in [1.54, 1.807) is 13.8 Å². The highest BCUT2D eigenvalue weighted by Gasteiger charge is 2.64. The van der Waals surface area contributed by atoms with Gasteiger partial charge in [0.25, 0.3) is 0 Å². The Labute approximate surface area is 87.4 Å². The van der Waals surface area contributed by atoms with Gasteiger partial charge >= 0.3 is 0 Å². The topological polar surface area (TPSA) is 88.4 Å². The fourth-order valence-corrected chi connectivity index (χ4v) is 2.14. The van der Waals surface area contributed by atoms with Crippen LogP contribution in [0.3, 0.4) is 0 Å². The summed E-state index contributed by atoms with van der Waals surface area (Å²) in [5.74, 6) is -2.26. The van der Waals surface area contributed by atoms with Crippen molar-refractivity contribution in [1.29, 1.82) is 0 Å². The standard InChI is InChI=1S/C9H16O6/c1-8(2)14-7-6(12)5(3-10)13-9(7,4-11)15-8/h5-7,10-12H,3-4H2,1-2H3/t5-,6+,7+,9-/m0/s1. The van der Waals surface area contributed by atoms with Crippen LogP contribution in [0.25, 0.3) is 0 Å². The van der Waals surface area contributed by atoms with Crippen LogP contribution in [0.4, 0.5) is 0 Å². The first kappa shape index (κ1) is 11.3. The second kappa shape index (κ2) is 3.38. The van der Waals surface area contributed by atoms with Gasteiger partial charge in [0.05, 0.1) is 6.61 Å². The lowest BCUT2D eigenvalue weighted by Gasteiger charge is -2.26. The van der Waals surface area contributed by atoms with Gasteiger partial charge in [-0.25, -0.2) is 0 Å². The van der Waals surface area contributed by atoms with E-state index in [1.165, 1.54) is 0 Å². The Bertz CT molecular complexity index is 255. The van der Waals surface area contributed by atoms with Crippen molar-refractivity contribution in [2.75, 3.05) is 13.2 Å². The number of fused-ring (bicyclic) bond motifs is 1. The average Bonchev–Trinajstić information content (AvgIpc) is 2.58. The van der Waals surface area contributed by atoms with Crippen LogP contribution in [0.1, 0.15) is 13.8 Å². The van der Waals surface area contributed by atoms with E-state index < -0.39 is 36.5 Å². The van der Waals surface area contributed by atoms with Crippen LogP contribution >= 0.6 is 0 Å². The van der Waals surface area contributed by atoms with Crippen LogP contribution in [0, 0.1) is 0 Å². The van der Waals surface area contributed by atoms with E-state index in [0.717, 1.165) is 0 Å². The Morgan fingerprint density at radius 2 is 1.87 bits per heavy atom. The van der Waals surface area contributed by atoms with Gasteiger partial charge in [0, 0.05) is 0 Å². The molecule has 4 atom stereocenters. The molecule has 2 aliphatic rings. The fourth-order valence-electron chi connectivity index (χ4n) is 2.14. The van der Waals surface area contributed by atoms with Gasteiger partial charge in [-0.15, -0.1) is 0 Å². The molecule has 2 rings (SSSR count). The van der Waals surface area contributed by atoms with Crippen molar-refractivity contribution >= 4 is 0 Å². The molecule has 0 amide bonds. The maximum Gasteiger partial charge on any atom is 0.224 e. The molecule has 0 aromatic heterocycles. The van der Waals surface area contributed by atoms with Gasteiger partial charge in [-0.3, -0.25) is 0 Å². The Morgan fingerprint density at radius 1 is 1.20 bits per heavy atom. The number of rotatable bonds is 2. The molecule has 2 fully saturated rings. The monoisotopic (exact) mass is 220 g/mol. The van der Waals surface area contributed by atoms with E-state index in [9.17, 15) is 10.2 Å². The highest BCUT2D eigenvalue weighted by Crippen LogP contribution is 2.44. The molecule has 0 aliphatic carbocycles. The average molecular weight is 220 g/mol. The summed E-state index contributed by atoms with van der Waals surface area (Å²) >= 11 is 0. The molecular weight excluding hydrogens is 204 g/mol. The van der Waals surface area contributed by atoms with Crippen molar-refractivity contribution < 1.29 is 29.5 Å². The first-order valence-corrected chi connectivity index (χ1v) is 4.90. The van der Waals surface area contributed by atoms with Crippen molar-refractivity contribution in [3.8, 4) is 0 Å². The van der Waals surface area contributed by atoms with Crippen LogP contribution in [-0.4, -0.2) is 58.4 Å². The minimum Gasteiger partial charge on any atom is -0.394 e. The smallest absolute Gasteiger partial charge is 0.224 e. The summed E-state index contributed by atoms with van der Waals surface area (Å²) in [6.45, 7) is 2.58. The highest BCUT2D eigenvalue weighted by atomic mass is 16.9. The third-order valence-electron chi connectivity index (χ3n) is 2.71. The van der Waals surface area contributed by atoms with Crippen LogP contribution < -0.4 is 0 Å². The van der Waals surface area contributed by atoms with E-state index in [-0.39, 0.29) is 6.61 Å². The molecule has 3 N–H and O–H groups in total. The Kier molecular flexibility index (Phi) is 2.53. The molecule has 0 unspecified atom stereocenters. The number of ether oxygens (including phenoxy) is 3. The largest absolute Gasteiger partial charge is 0.394 e.